The van der Waals surface area contributed by atoms with E-state index in [4.69, 9.17) is 28.9 Å². The maximum absolute atomic E-state index is 12.9. The van der Waals surface area contributed by atoms with Crippen LogP contribution in [0.25, 0.3) is 16.8 Å². The predicted octanol–water partition coefficient (Wildman–Crippen LogP) is 5.23. The number of nitriles is 1. The number of nitrogens with two attached hydrogens (primary N) is 1. The maximum Gasteiger partial charge on any atom is 0.416 e. The SMILES string of the molecule is N#Cc1nn(-c2c(Cl)cc(C(F)(F)F)cc2Cl)c(N)c1-c1cccc([N+](=O)[O-])c1. The molecule has 0 bridgehead atoms. The van der Waals surface area contributed by atoms with Crippen molar-refractivity contribution >= 4 is 34.7 Å². The highest BCUT2D eigenvalue weighted by molar-refractivity contribution is 6.38. The van der Waals surface area contributed by atoms with E-state index in [1.165, 1.54) is 24.3 Å². The van der Waals surface area contributed by atoms with Gasteiger partial charge < -0.3 is 5.73 Å². The van der Waals surface area contributed by atoms with E-state index in [2.05, 4.69) is 5.10 Å². The Labute approximate surface area is 170 Å². The summed E-state index contributed by atoms with van der Waals surface area (Å²) in [6, 6.07) is 8.42. The van der Waals surface area contributed by atoms with Crippen molar-refractivity contribution in [3.63, 3.8) is 0 Å². The van der Waals surface area contributed by atoms with E-state index >= 15 is 0 Å². The standard InChI is InChI=1S/C17H8Cl2F3N5O2/c18-11-5-9(17(20,21)22)6-12(19)15(11)26-16(24)14(13(7-23)25-26)8-2-1-3-10(4-8)27(28)29/h1-6H,24H2. The zero-order chi connectivity index (χ0) is 21.5. The van der Waals surface area contributed by atoms with Gasteiger partial charge in [-0.15, -0.1) is 0 Å². The number of aromatic nitrogens is 2. The minimum atomic E-state index is -4.67. The van der Waals surface area contributed by atoms with Crippen LogP contribution in [0, 0.1) is 21.4 Å². The number of non-ortho nitro benzene ring substituents is 1. The first kappa shape index (κ1) is 20.4. The molecule has 0 saturated heterocycles. The molecule has 2 N–H and O–H groups in total. The topological polar surface area (TPSA) is 111 Å². The van der Waals surface area contributed by atoms with Gasteiger partial charge >= 0.3 is 6.18 Å². The van der Waals surface area contributed by atoms with Gasteiger partial charge in [0.15, 0.2) is 5.69 Å². The number of hydrogen-bond acceptors (Lipinski definition) is 5. The Morgan fingerprint density at radius 3 is 2.34 bits per heavy atom. The molecule has 0 radical (unpaired) electrons. The molecule has 1 aromatic heterocycles. The molecule has 0 unspecified atom stereocenters. The lowest BCUT2D eigenvalue weighted by Gasteiger charge is -2.13. The molecule has 3 rings (SSSR count). The van der Waals surface area contributed by atoms with E-state index in [1.54, 1.807) is 6.07 Å². The maximum atomic E-state index is 12.9. The molecule has 0 atom stereocenters. The van der Waals surface area contributed by atoms with Gasteiger partial charge in [0.25, 0.3) is 5.69 Å². The van der Waals surface area contributed by atoms with Crippen LogP contribution in [-0.4, -0.2) is 14.7 Å². The van der Waals surface area contributed by atoms with E-state index in [0.29, 0.717) is 12.1 Å². The Bertz CT molecular complexity index is 1160. The van der Waals surface area contributed by atoms with Crippen LogP contribution in [0.5, 0.6) is 0 Å². The molecule has 0 aliphatic heterocycles. The molecule has 7 nitrogen and oxygen atoms in total. The minimum absolute atomic E-state index is 0.0585. The Balaban J connectivity index is 2.24. The van der Waals surface area contributed by atoms with Gasteiger partial charge in [0.1, 0.15) is 17.6 Å². The van der Waals surface area contributed by atoms with Crippen LogP contribution in [0.15, 0.2) is 36.4 Å². The number of halogens is 5. The van der Waals surface area contributed by atoms with Crippen molar-refractivity contribution in [3.8, 4) is 22.9 Å². The number of nitrogen functional groups attached to an aromatic ring is 1. The molecular weight excluding hydrogens is 434 g/mol. The lowest BCUT2D eigenvalue weighted by Crippen LogP contribution is -2.08. The van der Waals surface area contributed by atoms with Crippen LogP contribution < -0.4 is 5.73 Å². The summed E-state index contributed by atoms with van der Waals surface area (Å²) >= 11 is 12.0. The zero-order valence-corrected chi connectivity index (χ0v) is 15.5. The predicted molar refractivity (Wildman–Crippen MR) is 99.8 cm³/mol. The highest BCUT2D eigenvalue weighted by atomic mass is 35.5. The summed E-state index contributed by atoms with van der Waals surface area (Å²) in [4.78, 5) is 10.4. The Hall–Kier alpha value is -3.29. The molecule has 1 heterocycles. The van der Waals surface area contributed by atoms with E-state index in [0.717, 1.165) is 4.68 Å². The molecule has 0 saturated carbocycles. The number of alkyl halides is 3. The number of benzene rings is 2. The van der Waals surface area contributed by atoms with Crippen molar-refractivity contribution in [1.82, 2.24) is 9.78 Å². The van der Waals surface area contributed by atoms with Crippen LogP contribution in [-0.2, 0) is 6.18 Å². The second-order valence-corrected chi connectivity index (χ2v) is 6.54. The average molecular weight is 442 g/mol. The molecule has 0 fully saturated rings. The molecule has 12 heteroatoms. The van der Waals surface area contributed by atoms with Crippen molar-refractivity contribution in [1.29, 1.82) is 5.26 Å². The minimum Gasteiger partial charge on any atom is -0.383 e. The normalized spacial score (nSPS) is 11.3. The van der Waals surface area contributed by atoms with Gasteiger partial charge in [-0.1, -0.05) is 35.3 Å². The molecule has 0 aliphatic rings. The van der Waals surface area contributed by atoms with Gasteiger partial charge in [0.05, 0.1) is 26.1 Å². The third-order valence-corrected chi connectivity index (χ3v) is 4.50. The van der Waals surface area contributed by atoms with Crippen LogP contribution in [0.4, 0.5) is 24.7 Å². The second-order valence-electron chi connectivity index (χ2n) is 5.73. The summed E-state index contributed by atoms with van der Waals surface area (Å²) in [6.45, 7) is 0. The van der Waals surface area contributed by atoms with Gasteiger partial charge in [-0.05, 0) is 17.7 Å². The smallest absolute Gasteiger partial charge is 0.383 e. The molecule has 0 aliphatic carbocycles. The Morgan fingerprint density at radius 1 is 1.21 bits per heavy atom. The first-order valence-electron chi connectivity index (χ1n) is 7.64. The van der Waals surface area contributed by atoms with Gasteiger partial charge in [-0.25, -0.2) is 4.68 Å². The summed E-state index contributed by atoms with van der Waals surface area (Å²) in [5.41, 5.74) is 4.66. The van der Waals surface area contributed by atoms with Crippen molar-refractivity contribution in [3.05, 3.63) is 67.8 Å². The lowest BCUT2D eigenvalue weighted by molar-refractivity contribution is -0.384. The second kappa shape index (κ2) is 7.27. The van der Waals surface area contributed by atoms with E-state index in [-0.39, 0.29) is 34.0 Å². The number of hydrogen-bond donors (Lipinski definition) is 1. The summed E-state index contributed by atoms with van der Waals surface area (Å²) in [5, 5.41) is 23.6. The molecule has 148 valence electrons. The summed E-state index contributed by atoms with van der Waals surface area (Å²) < 4.78 is 39.8. The highest BCUT2D eigenvalue weighted by Gasteiger charge is 2.33. The highest BCUT2D eigenvalue weighted by Crippen LogP contribution is 2.40. The largest absolute Gasteiger partial charge is 0.416 e. The van der Waals surface area contributed by atoms with Crippen molar-refractivity contribution in [2.24, 2.45) is 0 Å². The third kappa shape index (κ3) is 3.70. The Morgan fingerprint density at radius 2 is 1.83 bits per heavy atom. The lowest BCUT2D eigenvalue weighted by atomic mass is 10.1. The van der Waals surface area contributed by atoms with Gasteiger partial charge in [-0.2, -0.15) is 23.5 Å². The molecule has 0 spiro atoms. The number of nitro groups is 1. The summed E-state index contributed by atoms with van der Waals surface area (Å²) in [5.74, 6) is -0.175. The quantitative estimate of drug-likeness (QED) is 0.441. The molecule has 0 amide bonds. The van der Waals surface area contributed by atoms with Crippen molar-refractivity contribution in [2.75, 3.05) is 5.73 Å². The molecule has 2 aromatic carbocycles. The molecule has 3 aromatic rings. The monoisotopic (exact) mass is 441 g/mol. The van der Waals surface area contributed by atoms with Gasteiger partial charge in [0, 0.05) is 12.1 Å². The van der Waals surface area contributed by atoms with Crippen molar-refractivity contribution in [2.45, 2.75) is 6.18 Å². The summed E-state index contributed by atoms with van der Waals surface area (Å²) in [7, 11) is 0. The molecule has 29 heavy (non-hydrogen) atoms. The number of nitrogens with zero attached hydrogens (tertiary/aromatic N) is 4. The fraction of sp³-hybridized carbons (Fsp3) is 0.0588. The number of anilines is 1. The first-order chi connectivity index (χ1) is 13.5. The number of rotatable bonds is 3. The van der Waals surface area contributed by atoms with E-state index < -0.39 is 26.7 Å². The van der Waals surface area contributed by atoms with E-state index in [1.807, 2.05) is 0 Å². The summed E-state index contributed by atoms with van der Waals surface area (Å²) in [6.07, 6.45) is -4.67. The van der Waals surface area contributed by atoms with Gasteiger partial charge in [0.2, 0.25) is 0 Å². The van der Waals surface area contributed by atoms with Crippen molar-refractivity contribution < 1.29 is 18.1 Å². The van der Waals surface area contributed by atoms with Crippen LogP contribution in [0.1, 0.15) is 11.3 Å². The molecular formula is C17H8Cl2F3N5O2. The fourth-order valence-corrected chi connectivity index (χ4v) is 3.32. The zero-order valence-electron chi connectivity index (χ0n) is 14.0. The first-order valence-corrected chi connectivity index (χ1v) is 8.40. The van der Waals surface area contributed by atoms with Crippen LogP contribution >= 0.6 is 23.2 Å². The number of nitro benzene ring substituents is 1. The third-order valence-electron chi connectivity index (χ3n) is 3.93. The Kier molecular flexibility index (Phi) is 5.13. The fourth-order valence-electron chi connectivity index (χ4n) is 2.67. The van der Waals surface area contributed by atoms with Gasteiger partial charge in [-0.3, -0.25) is 10.1 Å². The van der Waals surface area contributed by atoms with E-state index in [9.17, 15) is 28.5 Å². The average Bonchev–Trinajstić information content (AvgIpc) is 2.96. The van der Waals surface area contributed by atoms with Crippen LogP contribution in [0.3, 0.4) is 0 Å². The van der Waals surface area contributed by atoms with Crippen LogP contribution in [0.2, 0.25) is 10.0 Å².